The number of aromatic nitrogens is 4. The second-order valence-electron chi connectivity index (χ2n) is 9.40. The van der Waals surface area contributed by atoms with Gasteiger partial charge in [0, 0.05) is 77.4 Å². The van der Waals surface area contributed by atoms with Crippen molar-refractivity contribution in [3.05, 3.63) is 90.3 Å². The Hall–Kier alpha value is -4.57. The summed E-state index contributed by atoms with van der Waals surface area (Å²) in [5, 5.41) is 4.22. The first-order valence-corrected chi connectivity index (χ1v) is 13.0. The van der Waals surface area contributed by atoms with Crippen molar-refractivity contribution in [1.82, 2.24) is 28.3 Å². The van der Waals surface area contributed by atoms with E-state index in [9.17, 15) is 14.4 Å². The zero-order valence-corrected chi connectivity index (χ0v) is 21.2. The highest BCUT2D eigenvalue weighted by Crippen LogP contribution is 2.42. The molecular formula is C28H22N6O3S. The average Bonchev–Trinajstić information content (AvgIpc) is 3.69. The van der Waals surface area contributed by atoms with Crippen LogP contribution in [0.25, 0.3) is 33.0 Å². The molecule has 0 saturated heterocycles. The molecule has 0 aliphatic carbocycles. The lowest BCUT2D eigenvalue weighted by molar-refractivity contribution is -0.122. The highest BCUT2D eigenvalue weighted by atomic mass is 32.2. The van der Waals surface area contributed by atoms with Gasteiger partial charge in [-0.15, -0.1) is 0 Å². The third-order valence-corrected chi connectivity index (χ3v) is 8.12. The Labute approximate surface area is 221 Å². The predicted octanol–water partition coefficient (Wildman–Crippen LogP) is 4.03. The topological polar surface area (TPSA) is 94.2 Å². The number of aryl methyl sites for hydroxylation is 1. The standard InChI is InChI=1S/C28H22N6O3S/c1-31-14-19(17-6-2-4-8-20(17)31)24-25(27(36)30-26(24)35)23-18-7-3-5-9-21(18)34-13-12-32(15-22(23)34)28(37)38-33-11-10-29-16-33/h2-11,14,16H,12-13,15H2,1H3,(H,30,35,36). The molecule has 5 aromatic rings. The fraction of sp³-hybridized carbons (Fsp3) is 0.143. The number of rotatable bonds is 3. The van der Waals surface area contributed by atoms with E-state index in [0.717, 1.165) is 39.4 Å². The number of imide groups is 1. The van der Waals surface area contributed by atoms with Gasteiger partial charge in [0.15, 0.2) is 0 Å². The van der Waals surface area contributed by atoms with Gasteiger partial charge in [0.05, 0.1) is 29.6 Å². The molecule has 2 aliphatic heterocycles. The monoisotopic (exact) mass is 522 g/mol. The number of amides is 3. The van der Waals surface area contributed by atoms with Gasteiger partial charge in [-0.05, 0) is 12.1 Å². The maximum atomic E-state index is 13.5. The number of nitrogens with one attached hydrogen (secondary N) is 1. The van der Waals surface area contributed by atoms with E-state index >= 15 is 0 Å². The van der Waals surface area contributed by atoms with Crippen LogP contribution in [0.5, 0.6) is 0 Å². The van der Waals surface area contributed by atoms with Crippen molar-refractivity contribution in [3.63, 3.8) is 0 Å². The van der Waals surface area contributed by atoms with Gasteiger partial charge >= 0.3 is 5.24 Å². The van der Waals surface area contributed by atoms with E-state index in [-0.39, 0.29) is 5.24 Å². The second kappa shape index (κ2) is 8.49. The van der Waals surface area contributed by atoms with E-state index in [4.69, 9.17) is 0 Å². The van der Waals surface area contributed by atoms with Gasteiger partial charge in [-0.3, -0.25) is 23.7 Å². The second-order valence-corrected chi connectivity index (χ2v) is 10.3. The van der Waals surface area contributed by atoms with Gasteiger partial charge in [-0.1, -0.05) is 36.4 Å². The van der Waals surface area contributed by atoms with E-state index < -0.39 is 11.8 Å². The minimum absolute atomic E-state index is 0.110. The molecule has 188 valence electrons. The van der Waals surface area contributed by atoms with Crippen molar-refractivity contribution in [1.29, 1.82) is 0 Å². The molecule has 38 heavy (non-hydrogen) atoms. The van der Waals surface area contributed by atoms with Crippen molar-refractivity contribution in [2.75, 3.05) is 6.54 Å². The number of nitrogens with zero attached hydrogens (tertiary/aromatic N) is 5. The predicted molar refractivity (Wildman–Crippen MR) is 146 cm³/mol. The molecule has 10 heteroatoms. The Kier molecular flexibility index (Phi) is 5.05. The van der Waals surface area contributed by atoms with Gasteiger partial charge in [0.2, 0.25) is 0 Å². The largest absolute Gasteiger partial charge is 0.350 e. The Morgan fingerprint density at radius 1 is 0.947 bits per heavy atom. The minimum atomic E-state index is -0.423. The molecule has 2 aromatic carbocycles. The molecule has 1 N–H and O–H groups in total. The summed E-state index contributed by atoms with van der Waals surface area (Å²) in [6, 6.07) is 15.7. The quantitative estimate of drug-likeness (QED) is 0.361. The first-order valence-electron chi connectivity index (χ1n) is 12.2. The molecule has 0 bridgehead atoms. The average molecular weight is 523 g/mol. The van der Waals surface area contributed by atoms with Crippen LogP contribution >= 0.6 is 11.9 Å². The van der Waals surface area contributed by atoms with Crippen LogP contribution in [0.4, 0.5) is 4.79 Å². The highest BCUT2D eigenvalue weighted by molar-refractivity contribution is 8.12. The Balaban J connectivity index is 1.43. The molecule has 3 aromatic heterocycles. The van der Waals surface area contributed by atoms with Gasteiger partial charge < -0.3 is 14.0 Å². The summed E-state index contributed by atoms with van der Waals surface area (Å²) < 4.78 is 5.80. The summed E-state index contributed by atoms with van der Waals surface area (Å²) in [6.07, 6.45) is 6.85. The first kappa shape index (κ1) is 22.6. The van der Waals surface area contributed by atoms with Crippen molar-refractivity contribution < 1.29 is 14.4 Å². The lowest BCUT2D eigenvalue weighted by Gasteiger charge is -2.29. The van der Waals surface area contributed by atoms with Crippen molar-refractivity contribution in [2.45, 2.75) is 13.1 Å². The van der Waals surface area contributed by atoms with Crippen molar-refractivity contribution >= 4 is 62.0 Å². The zero-order valence-electron chi connectivity index (χ0n) is 20.4. The van der Waals surface area contributed by atoms with Crippen LogP contribution in [0.1, 0.15) is 16.8 Å². The van der Waals surface area contributed by atoms with Crippen LogP contribution in [0, 0.1) is 0 Å². The molecule has 0 unspecified atom stereocenters. The number of hydrogen-bond acceptors (Lipinski definition) is 5. The fourth-order valence-corrected chi connectivity index (χ4v) is 6.30. The lowest BCUT2D eigenvalue weighted by atomic mass is 9.93. The Bertz CT molecular complexity index is 1830. The van der Waals surface area contributed by atoms with Gasteiger partial charge in [-0.2, -0.15) is 0 Å². The molecule has 0 atom stereocenters. The zero-order chi connectivity index (χ0) is 26.0. The normalized spacial score (nSPS) is 15.6. The number of benzene rings is 2. The van der Waals surface area contributed by atoms with Crippen LogP contribution in [-0.2, 0) is 29.7 Å². The number of carbonyl (C=O) groups excluding carboxylic acids is 3. The van der Waals surface area contributed by atoms with E-state index in [1.54, 1.807) is 27.6 Å². The number of imidazole rings is 1. The summed E-state index contributed by atoms with van der Waals surface area (Å²) in [4.78, 5) is 45.7. The van der Waals surface area contributed by atoms with E-state index in [2.05, 4.69) is 14.9 Å². The SMILES string of the molecule is Cn1cc(C2=C(c3c4n(c5ccccc35)CCN(C(=O)Sn3ccnc3)C4)C(=O)NC2=O)c2ccccc21. The molecule has 5 heterocycles. The Morgan fingerprint density at radius 2 is 1.68 bits per heavy atom. The van der Waals surface area contributed by atoms with E-state index in [1.165, 1.54) is 0 Å². The van der Waals surface area contributed by atoms with Crippen molar-refractivity contribution in [3.8, 4) is 0 Å². The molecule has 7 rings (SSSR count). The molecule has 2 aliphatic rings. The maximum absolute atomic E-state index is 13.5. The summed E-state index contributed by atoms with van der Waals surface area (Å²) in [7, 11) is 1.93. The fourth-order valence-electron chi connectivity index (χ4n) is 5.63. The summed E-state index contributed by atoms with van der Waals surface area (Å²) in [6.45, 7) is 1.43. The molecule has 0 spiro atoms. The third kappa shape index (κ3) is 3.33. The molecule has 0 radical (unpaired) electrons. The maximum Gasteiger partial charge on any atom is 0.303 e. The Morgan fingerprint density at radius 3 is 2.47 bits per heavy atom. The summed E-state index contributed by atoms with van der Waals surface area (Å²) >= 11 is 1.06. The van der Waals surface area contributed by atoms with Gasteiger partial charge in [0.1, 0.15) is 6.33 Å². The van der Waals surface area contributed by atoms with Crippen LogP contribution in [0.2, 0.25) is 0 Å². The summed E-state index contributed by atoms with van der Waals surface area (Å²) in [5.41, 5.74) is 4.92. The molecular weight excluding hydrogens is 500 g/mol. The minimum Gasteiger partial charge on any atom is -0.350 e. The van der Waals surface area contributed by atoms with Crippen molar-refractivity contribution in [2.24, 2.45) is 7.05 Å². The number of fused-ring (bicyclic) bond motifs is 4. The molecule has 3 amide bonds. The third-order valence-electron chi connectivity index (χ3n) is 7.28. The number of para-hydroxylation sites is 2. The lowest BCUT2D eigenvalue weighted by Crippen LogP contribution is -2.36. The van der Waals surface area contributed by atoms with Crippen LogP contribution in [0.15, 0.2) is 73.4 Å². The van der Waals surface area contributed by atoms with Crippen LogP contribution in [-0.4, -0.2) is 46.6 Å². The smallest absolute Gasteiger partial charge is 0.303 e. The van der Waals surface area contributed by atoms with Gasteiger partial charge in [-0.25, -0.2) is 4.98 Å². The summed E-state index contributed by atoms with van der Waals surface area (Å²) in [5.74, 6) is -0.835. The molecule has 9 nitrogen and oxygen atoms in total. The first-order chi connectivity index (χ1) is 18.5. The molecule has 0 fully saturated rings. The van der Waals surface area contributed by atoms with E-state index in [1.807, 2.05) is 66.3 Å². The van der Waals surface area contributed by atoms with Crippen LogP contribution in [0.3, 0.4) is 0 Å². The highest BCUT2D eigenvalue weighted by Gasteiger charge is 2.38. The van der Waals surface area contributed by atoms with Gasteiger partial charge in [0.25, 0.3) is 11.8 Å². The van der Waals surface area contributed by atoms with Crippen LogP contribution < -0.4 is 5.32 Å². The molecule has 0 saturated carbocycles. The number of carbonyl (C=O) groups is 3. The van der Waals surface area contributed by atoms with E-state index in [0.29, 0.717) is 41.9 Å². The number of hydrogen-bond donors (Lipinski definition) is 1.